The van der Waals surface area contributed by atoms with Crippen LogP contribution in [0, 0.1) is 17.6 Å². The van der Waals surface area contributed by atoms with Gasteiger partial charge in [-0.3, -0.25) is 9.69 Å². The third-order valence-electron chi connectivity index (χ3n) is 7.63. The summed E-state index contributed by atoms with van der Waals surface area (Å²) in [6.07, 6.45) is -1.89. The molecule has 1 unspecified atom stereocenters. The van der Waals surface area contributed by atoms with Crippen LogP contribution in [0.4, 0.5) is 22.4 Å². The van der Waals surface area contributed by atoms with Gasteiger partial charge < -0.3 is 14.6 Å². The number of para-hydroxylation sites is 1. The van der Waals surface area contributed by atoms with Crippen LogP contribution in [0.5, 0.6) is 0 Å². The second-order valence-corrected chi connectivity index (χ2v) is 11.8. The van der Waals surface area contributed by atoms with Crippen LogP contribution < -0.4 is 0 Å². The molecular weight excluding hydrogens is 526 g/mol. The second-order valence-electron chi connectivity index (χ2n) is 11.8. The number of halogens is 4. The number of fused-ring (bicyclic) bond motifs is 3. The van der Waals surface area contributed by atoms with Crippen LogP contribution in [0.15, 0.2) is 36.4 Å². The van der Waals surface area contributed by atoms with E-state index in [0.717, 1.165) is 28.6 Å². The van der Waals surface area contributed by atoms with Crippen LogP contribution in [0.25, 0.3) is 10.9 Å². The number of Topliss-reactive ketones (excluding diaryl/α,β-unsaturated/α-hetero) is 1. The maximum atomic E-state index is 15.8. The lowest BCUT2D eigenvalue weighted by molar-refractivity contribution is 0.00146. The fourth-order valence-electron chi connectivity index (χ4n) is 5.72. The Morgan fingerprint density at radius 3 is 2.40 bits per heavy atom. The maximum Gasteiger partial charge on any atom is 0.410 e. The Morgan fingerprint density at radius 2 is 1.77 bits per heavy atom. The Hall–Kier alpha value is -3.40. The topological polar surface area (TPSA) is 65.6 Å². The zero-order valence-electron chi connectivity index (χ0n) is 22.9. The number of nitrogens with one attached hydrogen (secondary N) is 1. The molecule has 0 aliphatic carbocycles. The Labute approximate surface area is 230 Å². The highest BCUT2D eigenvalue weighted by Crippen LogP contribution is 2.43. The van der Waals surface area contributed by atoms with E-state index >= 15 is 8.78 Å². The lowest BCUT2D eigenvalue weighted by Gasteiger charge is -2.41. The SMILES string of the molecule is C[C@@H]1Cc2c([nH]c3ccccc23)[C@@H](c2c(F)cc(C(=O)C3CN(C(=O)OC(C)(C)C)C3)cc2F)N1CC(F)CF. The molecule has 40 heavy (non-hydrogen) atoms. The van der Waals surface area contributed by atoms with Crippen LogP contribution in [0.1, 0.15) is 60.9 Å². The van der Waals surface area contributed by atoms with E-state index in [9.17, 15) is 18.4 Å². The van der Waals surface area contributed by atoms with Crippen molar-refractivity contribution < 1.29 is 31.9 Å². The summed E-state index contributed by atoms with van der Waals surface area (Å²) in [6, 6.07) is 8.09. The summed E-state index contributed by atoms with van der Waals surface area (Å²) >= 11 is 0. The molecule has 0 spiro atoms. The summed E-state index contributed by atoms with van der Waals surface area (Å²) in [6.45, 7) is 5.65. The number of likely N-dealkylation sites (tertiary alicyclic amines) is 1. The Morgan fingerprint density at radius 1 is 1.12 bits per heavy atom. The van der Waals surface area contributed by atoms with Gasteiger partial charge in [-0.25, -0.2) is 22.4 Å². The largest absolute Gasteiger partial charge is 0.444 e. The molecule has 5 rings (SSSR count). The fraction of sp³-hybridized carbons (Fsp3) is 0.467. The number of carbonyl (C=O) groups is 2. The Balaban J connectivity index is 1.47. The zero-order valence-corrected chi connectivity index (χ0v) is 22.9. The van der Waals surface area contributed by atoms with Gasteiger partial charge in [0.1, 0.15) is 30.1 Å². The van der Waals surface area contributed by atoms with Gasteiger partial charge in [0.15, 0.2) is 5.78 Å². The van der Waals surface area contributed by atoms with Gasteiger partial charge in [-0.15, -0.1) is 0 Å². The molecule has 10 heteroatoms. The van der Waals surface area contributed by atoms with Crippen LogP contribution in [0.3, 0.4) is 0 Å². The number of hydrogen-bond donors (Lipinski definition) is 1. The first-order valence-corrected chi connectivity index (χ1v) is 13.4. The summed E-state index contributed by atoms with van der Waals surface area (Å²) < 4.78 is 64.5. The van der Waals surface area contributed by atoms with Crippen molar-refractivity contribution in [1.29, 1.82) is 0 Å². The van der Waals surface area contributed by atoms with Gasteiger partial charge in [-0.2, -0.15) is 0 Å². The van der Waals surface area contributed by atoms with Gasteiger partial charge in [-0.1, -0.05) is 18.2 Å². The molecule has 1 aromatic heterocycles. The average molecular weight is 560 g/mol. The summed E-state index contributed by atoms with van der Waals surface area (Å²) in [7, 11) is 0. The first-order chi connectivity index (χ1) is 18.9. The first-order valence-electron chi connectivity index (χ1n) is 13.4. The van der Waals surface area contributed by atoms with Gasteiger partial charge in [0, 0.05) is 53.4 Å². The van der Waals surface area contributed by atoms with Crippen LogP contribution >= 0.6 is 0 Å². The normalized spacial score (nSPS) is 20.8. The lowest BCUT2D eigenvalue weighted by atomic mass is 9.86. The van der Waals surface area contributed by atoms with E-state index in [1.807, 2.05) is 31.2 Å². The van der Waals surface area contributed by atoms with Crippen molar-refractivity contribution in [3.05, 3.63) is 70.4 Å². The van der Waals surface area contributed by atoms with Crippen molar-refractivity contribution in [2.24, 2.45) is 5.92 Å². The van der Waals surface area contributed by atoms with E-state index in [4.69, 9.17) is 4.74 Å². The molecule has 0 radical (unpaired) electrons. The zero-order chi connectivity index (χ0) is 28.9. The summed E-state index contributed by atoms with van der Waals surface area (Å²) in [5.41, 5.74) is 1.01. The maximum absolute atomic E-state index is 15.8. The lowest BCUT2D eigenvalue weighted by Crippen LogP contribution is -2.54. The molecule has 2 aliphatic rings. The highest BCUT2D eigenvalue weighted by atomic mass is 19.2. The quantitative estimate of drug-likeness (QED) is 0.291. The number of aromatic amines is 1. The van der Waals surface area contributed by atoms with Gasteiger partial charge in [0.2, 0.25) is 0 Å². The van der Waals surface area contributed by atoms with E-state index in [0.29, 0.717) is 12.1 Å². The number of benzene rings is 2. The Kier molecular flexibility index (Phi) is 7.41. The molecule has 1 saturated heterocycles. The second kappa shape index (κ2) is 10.5. The van der Waals surface area contributed by atoms with Gasteiger partial charge in [-0.05, 0) is 57.9 Å². The molecule has 0 saturated carbocycles. The predicted octanol–water partition coefficient (Wildman–Crippen LogP) is 6.14. The van der Waals surface area contributed by atoms with Gasteiger partial charge in [0.25, 0.3) is 0 Å². The number of hydrogen-bond acceptors (Lipinski definition) is 4. The number of aromatic nitrogens is 1. The van der Waals surface area contributed by atoms with Crippen molar-refractivity contribution in [2.75, 3.05) is 26.3 Å². The monoisotopic (exact) mass is 559 g/mol. The predicted molar refractivity (Wildman–Crippen MR) is 143 cm³/mol. The van der Waals surface area contributed by atoms with E-state index in [2.05, 4.69) is 4.98 Å². The number of carbonyl (C=O) groups excluding carboxylic acids is 2. The van der Waals surface area contributed by atoms with Crippen LogP contribution in [0.2, 0.25) is 0 Å². The molecule has 214 valence electrons. The first kappa shape index (κ1) is 28.1. The van der Waals surface area contributed by atoms with Gasteiger partial charge in [0.05, 0.1) is 12.0 Å². The molecule has 3 heterocycles. The summed E-state index contributed by atoms with van der Waals surface area (Å²) in [5, 5.41) is 0.906. The minimum atomic E-state index is -1.82. The van der Waals surface area contributed by atoms with E-state index in [1.165, 1.54) is 4.90 Å². The number of alkyl halides is 2. The number of nitrogens with zero attached hydrogens (tertiary/aromatic N) is 2. The van der Waals surface area contributed by atoms with E-state index < -0.39 is 53.9 Å². The van der Waals surface area contributed by atoms with Crippen molar-refractivity contribution in [3.8, 4) is 0 Å². The molecular formula is C30H33F4N3O3. The molecule has 1 N–H and O–H groups in total. The smallest absolute Gasteiger partial charge is 0.410 e. The fourth-order valence-corrected chi connectivity index (χ4v) is 5.72. The van der Waals surface area contributed by atoms with E-state index in [-0.39, 0.29) is 36.8 Å². The number of ether oxygens (including phenoxy) is 1. The third kappa shape index (κ3) is 5.21. The molecule has 0 bridgehead atoms. The average Bonchev–Trinajstić information content (AvgIpc) is 3.21. The summed E-state index contributed by atoms with van der Waals surface area (Å²) in [4.78, 5) is 31.5. The highest BCUT2D eigenvalue weighted by molar-refractivity contribution is 5.99. The number of rotatable bonds is 6. The number of amides is 1. The standard InChI is InChI=1S/C30H33F4N3O3/c1-16-9-21-20-7-5-6-8-24(20)35-26(21)27(37(16)15-19(32)12-31)25-22(33)10-17(11-23(25)34)28(38)18-13-36(14-18)29(39)40-30(2,3)4/h5-8,10-11,16,18-19,27,35H,9,12-15H2,1-4H3/t16-,19?,27-/m1/s1. The molecule has 1 amide bonds. The molecule has 6 nitrogen and oxygen atoms in total. The number of H-pyrrole nitrogens is 1. The molecule has 1 fully saturated rings. The van der Waals surface area contributed by atoms with Crippen LogP contribution in [-0.2, 0) is 11.2 Å². The van der Waals surface area contributed by atoms with E-state index in [1.54, 1.807) is 25.7 Å². The minimum Gasteiger partial charge on any atom is -0.444 e. The van der Waals surface area contributed by atoms with Crippen molar-refractivity contribution in [3.63, 3.8) is 0 Å². The van der Waals surface area contributed by atoms with Crippen LogP contribution in [-0.4, -0.2) is 70.8 Å². The summed E-state index contributed by atoms with van der Waals surface area (Å²) in [5.74, 6) is -2.99. The molecule has 2 aliphatic heterocycles. The van der Waals surface area contributed by atoms with Crippen molar-refractivity contribution in [2.45, 2.75) is 58.0 Å². The van der Waals surface area contributed by atoms with Crippen molar-refractivity contribution >= 4 is 22.8 Å². The Bertz CT molecular complexity index is 1420. The number of ketones is 1. The molecule has 2 aromatic carbocycles. The minimum absolute atomic E-state index is 0.0895. The molecule has 3 atom stereocenters. The highest BCUT2D eigenvalue weighted by Gasteiger charge is 2.41. The third-order valence-corrected chi connectivity index (χ3v) is 7.63. The van der Waals surface area contributed by atoms with Crippen molar-refractivity contribution in [1.82, 2.24) is 14.8 Å². The molecule has 3 aromatic rings. The van der Waals surface area contributed by atoms with Gasteiger partial charge >= 0.3 is 6.09 Å².